The van der Waals surface area contributed by atoms with E-state index in [9.17, 15) is 5.11 Å². The first kappa shape index (κ1) is 20.8. The van der Waals surface area contributed by atoms with Gasteiger partial charge in [0.1, 0.15) is 5.60 Å². The van der Waals surface area contributed by atoms with E-state index in [1.54, 1.807) is 0 Å². The van der Waals surface area contributed by atoms with Crippen LogP contribution in [0.15, 0.2) is 53.5 Å². The zero-order valence-corrected chi connectivity index (χ0v) is 17.3. The highest BCUT2D eigenvalue weighted by atomic mass is 16.5. The molecule has 1 aliphatic rings. The monoisotopic (exact) mass is 379 g/mol. The molecule has 3 heteroatoms. The second-order valence-electron chi connectivity index (χ2n) is 8.03. The first-order valence-electron chi connectivity index (χ1n) is 10.6. The number of aryl methyl sites for hydroxylation is 2. The number of benzene rings is 2. The van der Waals surface area contributed by atoms with Crippen LogP contribution < -0.4 is 0 Å². The number of rotatable bonds is 8. The molecule has 2 aromatic carbocycles. The summed E-state index contributed by atoms with van der Waals surface area (Å²) in [5, 5.41) is 11.3. The van der Waals surface area contributed by atoms with Gasteiger partial charge >= 0.3 is 0 Å². The van der Waals surface area contributed by atoms with Crippen molar-refractivity contribution in [2.45, 2.75) is 71.0 Å². The molecule has 2 aromatic rings. The van der Waals surface area contributed by atoms with Crippen LogP contribution in [-0.2, 0) is 11.3 Å². The Kier molecular flexibility index (Phi) is 7.41. The Hall–Kier alpha value is -1.97. The van der Waals surface area contributed by atoms with E-state index in [0.29, 0.717) is 13.2 Å². The third kappa shape index (κ3) is 5.52. The summed E-state index contributed by atoms with van der Waals surface area (Å²) in [6.07, 6.45) is 6.65. The fraction of sp³-hybridized carbons (Fsp3) is 0.480. The molecule has 0 spiro atoms. The minimum absolute atomic E-state index is 0.633. The Labute approximate surface area is 169 Å². The lowest BCUT2D eigenvalue weighted by Crippen LogP contribution is -2.40. The maximum absolute atomic E-state index is 11.3. The van der Waals surface area contributed by atoms with Crippen LogP contribution in [-0.4, -0.2) is 23.0 Å². The zero-order chi connectivity index (χ0) is 19.8. The van der Waals surface area contributed by atoms with E-state index in [4.69, 9.17) is 9.73 Å². The van der Waals surface area contributed by atoms with Gasteiger partial charge in [0.15, 0.2) is 0 Å². The molecule has 0 bridgehead atoms. The number of nitrogens with zero attached hydrogens (tertiary/aromatic N) is 1. The third-order valence-corrected chi connectivity index (χ3v) is 5.72. The van der Waals surface area contributed by atoms with E-state index in [2.05, 4.69) is 44.2 Å². The predicted molar refractivity (Wildman–Crippen MR) is 116 cm³/mol. The maximum atomic E-state index is 11.3. The molecule has 1 fully saturated rings. The Bertz CT molecular complexity index is 756. The summed E-state index contributed by atoms with van der Waals surface area (Å²) >= 11 is 0. The van der Waals surface area contributed by atoms with Crippen LogP contribution in [0.2, 0.25) is 0 Å². The molecular weight excluding hydrogens is 346 g/mol. The van der Waals surface area contributed by atoms with E-state index < -0.39 is 5.60 Å². The summed E-state index contributed by atoms with van der Waals surface area (Å²) in [5.74, 6) is 0. The summed E-state index contributed by atoms with van der Waals surface area (Å²) in [6.45, 7) is 5.50. The molecule has 0 unspecified atom stereocenters. The summed E-state index contributed by atoms with van der Waals surface area (Å²) in [4.78, 5) is 5.02. The lowest BCUT2D eigenvalue weighted by Gasteiger charge is -2.34. The fourth-order valence-electron chi connectivity index (χ4n) is 4.04. The molecule has 0 aliphatic heterocycles. The normalized spacial score (nSPS) is 16.9. The van der Waals surface area contributed by atoms with Crippen molar-refractivity contribution < 1.29 is 9.84 Å². The van der Waals surface area contributed by atoms with Crippen molar-refractivity contribution in [2.75, 3.05) is 6.61 Å². The molecular formula is C25H33NO2. The second kappa shape index (κ2) is 9.99. The Morgan fingerprint density at radius 3 is 2.32 bits per heavy atom. The highest BCUT2D eigenvalue weighted by Gasteiger charge is 2.34. The van der Waals surface area contributed by atoms with Crippen LogP contribution in [0.3, 0.4) is 0 Å². The number of ether oxygens (including phenoxy) is 1. The van der Waals surface area contributed by atoms with Gasteiger partial charge in [-0.3, -0.25) is 4.99 Å². The van der Waals surface area contributed by atoms with Crippen LogP contribution in [0.1, 0.15) is 61.6 Å². The highest BCUT2D eigenvalue weighted by molar-refractivity contribution is 5.94. The molecule has 0 heterocycles. The van der Waals surface area contributed by atoms with Crippen LogP contribution in [0.5, 0.6) is 0 Å². The molecule has 0 atom stereocenters. The summed E-state index contributed by atoms with van der Waals surface area (Å²) < 4.78 is 5.85. The lowest BCUT2D eigenvalue weighted by molar-refractivity contribution is 0.0673. The smallest absolute Gasteiger partial charge is 0.103 e. The van der Waals surface area contributed by atoms with Crippen molar-refractivity contribution in [3.05, 3.63) is 65.2 Å². The topological polar surface area (TPSA) is 41.8 Å². The van der Waals surface area contributed by atoms with E-state index in [0.717, 1.165) is 61.1 Å². The van der Waals surface area contributed by atoms with Crippen molar-refractivity contribution in [1.82, 2.24) is 0 Å². The standard InChI is InChI=1S/C25H33NO2/c1-20-11-9-12-21(2)24(20)26-23(25(27)16-7-4-8-17-25)15-10-18-28-19-22-13-5-3-6-14-22/h3,5-6,9,11-14,27H,4,7-8,10,15-19H2,1-2H3. The van der Waals surface area contributed by atoms with Gasteiger partial charge in [0.05, 0.1) is 18.0 Å². The van der Waals surface area contributed by atoms with Gasteiger partial charge in [-0.15, -0.1) is 0 Å². The van der Waals surface area contributed by atoms with Crippen molar-refractivity contribution in [1.29, 1.82) is 0 Å². The summed E-state index contributed by atoms with van der Waals surface area (Å²) in [7, 11) is 0. The number of aliphatic hydroxyl groups is 1. The molecule has 1 aliphatic carbocycles. The predicted octanol–water partition coefficient (Wildman–Crippen LogP) is 6.07. The van der Waals surface area contributed by atoms with Gasteiger partial charge in [-0.25, -0.2) is 0 Å². The Morgan fingerprint density at radius 1 is 0.964 bits per heavy atom. The van der Waals surface area contributed by atoms with Crippen molar-refractivity contribution in [2.24, 2.45) is 4.99 Å². The Balaban J connectivity index is 1.67. The molecule has 0 aromatic heterocycles. The number of hydrogen-bond donors (Lipinski definition) is 1. The number of para-hydroxylation sites is 1. The first-order chi connectivity index (χ1) is 13.6. The van der Waals surface area contributed by atoms with Crippen molar-refractivity contribution in [3.8, 4) is 0 Å². The van der Waals surface area contributed by atoms with Gasteiger partial charge < -0.3 is 9.84 Å². The largest absolute Gasteiger partial charge is 0.384 e. The van der Waals surface area contributed by atoms with Crippen LogP contribution >= 0.6 is 0 Å². The highest BCUT2D eigenvalue weighted by Crippen LogP contribution is 2.33. The van der Waals surface area contributed by atoms with E-state index in [1.807, 2.05) is 18.2 Å². The summed E-state index contributed by atoms with van der Waals surface area (Å²) in [6, 6.07) is 16.5. The van der Waals surface area contributed by atoms with E-state index in [1.165, 1.54) is 12.0 Å². The molecule has 1 N–H and O–H groups in total. The minimum Gasteiger partial charge on any atom is -0.384 e. The molecule has 3 nitrogen and oxygen atoms in total. The maximum Gasteiger partial charge on any atom is 0.103 e. The van der Waals surface area contributed by atoms with Gasteiger partial charge in [-0.05, 0) is 56.2 Å². The SMILES string of the molecule is Cc1cccc(C)c1N=C(CCCOCc1ccccc1)C1(O)CCCCC1. The lowest BCUT2D eigenvalue weighted by atomic mass is 9.79. The van der Waals surface area contributed by atoms with Crippen molar-refractivity contribution >= 4 is 11.4 Å². The fourth-order valence-corrected chi connectivity index (χ4v) is 4.04. The molecule has 28 heavy (non-hydrogen) atoms. The third-order valence-electron chi connectivity index (χ3n) is 5.72. The summed E-state index contributed by atoms with van der Waals surface area (Å²) in [5.41, 5.74) is 4.72. The average Bonchev–Trinajstić information content (AvgIpc) is 2.70. The van der Waals surface area contributed by atoms with E-state index in [-0.39, 0.29) is 0 Å². The van der Waals surface area contributed by atoms with Gasteiger partial charge in [0, 0.05) is 6.61 Å². The van der Waals surface area contributed by atoms with E-state index >= 15 is 0 Å². The number of hydrogen-bond acceptors (Lipinski definition) is 3. The van der Waals surface area contributed by atoms with Crippen LogP contribution in [0, 0.1) is 13.8 Å². The average molecular weight is 380 g/mol. The van der Waals surface area contributed by atoms with Gasteiger partial charge in [0.2, 0.25) is 0 Å². The minimum atomic E-state index is -0.758. The first-order valence-corrected chi connectivity index (χ1v) is 10.6. The molecule has 0 radical (unpaired) electrons. The van der Waals surface area contributed by atoms with Gasteiger partial charge in [-0.1, -0.05) is 67.8 Å². The molecule has 1 saturated carbocycles. The quantitative estimate of drug-likeness (QED) is 0.447. The van der Waals surface area contributed by atoms with Gasteiger partial charge in [-0.2, -0.15) is 0 Å². The number of aliphatic imine (C=N–C) groups is 1. The Morgan fingerprint density at radius 2 is 1.64 bits per heavy atom. The van der Waals surface area contributed by atoms with Gasteiger partial charge in [0.25, 0.3) is 0 Å². The molecule has 3 rings (SSSR count). The van der Waals surface area contributed by atoms with Crippen LogP contribution in [0.4, 0.5) is 5.69 Å². The molecule has 0 amide bonds. The molecule has 0 saturated heterocycles. The molecule has 150 valence electrons. The van der Waals surface area contributed by atoms with Crippen LogP contribution in [0.25, 0.3) is 0 Å². The second-order valence-corrected chi connectivity index (χ2v) is 8.03. The zero-order valence-electron chi connectivity index (χ0n) is 17.3. The van der Waals surface area contributed by atoms with Crippen molar-refractivity contribution in [3.63, 3.8) is 0 Å².